The smallest absolute Gasteiger partial charge is 0.408 e. The first-order chi connectivity index (χ1) is 10.6. The highest BCUT2D eigenvalue weighted by molar-refractivity contribution is 6.31. The Morgan fingerprint density at radius 3 is 3.00 bits per heavy atom. The highest BCUT2D eigenvalue weighted by Crippen LogP contribution is 2.20. The van der Waals surface area contributed by atoms with Crippen LogP contribution >= 0.6 is 11.6 Å². The van der Waals surface area contributed by atoms with Gasteiger partial charge in [0, 0.05) is 30.6 Å². The fourth-order valence-electron chi connectivity index (χ4n) is 3.07. The molecular formula is C16H19ClN2O3. The van der Waals surface area contributed by atoms with Gasteiger partial charge in [-0.3, -0.25) is 9.36 Å². The van der Waals surface area contributed by atoms with Gasteiger partial charge in [0.2, 0.25) is 5.91 Å². The number of hydrogen-bond donors (Lipinski definition) is 0. The van der Waals surface area contributed by atoms with Crippen LogP contribution in [0, 0.1) is 0 Å². The van der Waals surface area contributed by atoms with E-state index in [0.29, 0.717) is 29.1 Å². The number of rotatable bonds is 3. The van der Waals surface area contributed by atoms with Crippen LogP contribution in [0.3, 0.4) is 0 Å². The summed E-state index contributed by atoms with van der Waals surface area (Å²) >= 11 is 5.97. The summed E-state index contributed by atoms with van der Waals surface area (Å²) in [7, 11) is 0. The van der Waals surface area contributed by atoms with Crippen molar-refractivity contribution in [2.75, 3.05) is 6.54 Å². The molecule has 3 rings (SSSR count). The summed E-state index contributed by atoms with van der Waals surface area (Å²) in [6.07, 6.45) is 3.58. The van der Waals surface area contributed by atoms with E-state index < -0.39 is 5.76 Å². The highest BCUT2D eigenvalue weighted by atomic mass is 35.5. The SMILES string of the molecule is C[C@H]1CCCCN1C(=O)CCn1c(=O)oc2ccc(Cl)cc21. The van der Waals surface area contributed by atoms with Gasteiger partial charge in [-0.25, -0.2) is 4.79 Å². The molecule has 1 saturated heterocycles. The van der Waals surface area contributed by atoms with Crippen LogP contribution in [0.15, 0.2) is 27.4 Å². The van der Waals surface area contributed by atoms with E-state index in [1.807, 2.05) is 4.90 Å². The van der Waals surface area contributed by atoms with Crippen molar-refractivity contribution < 1.29 is 9.21 Å². The Morgan fingerprint density at radius 2 is 2.23 bits per heavy atom. The fraction of sp³-hybridized carbons (Fsp3) is 0.500. The van der Waals surface area contributed by atoms with E-state index in [9.17, 15) is 9.59 Å². The molecule has 1 fully saturated rings. The summed E-state index contributed by atoms with van der Waals surface area (Å²) in [5, 5.41) is 0.540. The van der Waals surface area contributed by atoms with Gasteiger partial charge >= 0.3 is 5.76 Å². The summed E-state index contributed by atoms with van der Waals surface area (Å²) in [6.45, 7) is 3.21. The normalized spacial score (nSPS) is 18.8. The van der Waals surface area contributed by atoms with Crippen molar-refractivity contribution in [1.29, 1.82) is 0 Å². The second-order valence-corrected chi connectivity index (χ2v) is 6.25. The number of likely N-dealkylation sites (tertiary alicyclic amines) is 1. The summed E-state index contributed by atoms with van der Waals surface area (Å²) in [5.74, 6) is -0.354. The Hall–Kier alpha value is -1.75. The maximum atomic E-state index is 12.4. The molecular weight excluding hydrogens is 304 g/mol. The number of carbonyl (C=O) groups excluding carboxylic acids is 1. The molecule has 0 saturated carbocycles. The van der Waals surface area contributed by atoms with Crippen LogP contribution in [-0.4, -0.2) is 28.0 Å². The molecule has 2 aromatic rings. The van der Waals surface area contributed by atoms with Crippen LogP contribution in [0.25, 0.3) is 11.1 Å². The van der Waals surface area contributed by atoms with Gasteiger partial charge in [-0.1, -0.05) is 11.6 Å². The maximum Gasteiger partial charge on any atom is 0.419 e. The van der Waals surface area contributed by atoms with E-state index in [1.54, 1.807) is 18.2 Å². The number of fused-ring (bicyclic) bond motifs is 1. The fourth-order valence-corrected chi connectivity index (χ4v) is 3.23. The third kappa shape index (κ3) is 2.90. The van der Waals surface area contributed by atoms with Crippen LogP contribution < -0.4 is 5.76 Å². The molecule has 5 nitrogen and oxygen atoms in total. The van der Waals surface area contributed by atoms with Gasteiger partial charge < -0.3 is 9.32 Å². The number of oxazole rings is 1. The van der Waals surface area contributed by atoms with Gasteiger partial charge in [-0.05, 0) is 44.4 Å². The Kier molecular flexibility index (Phi) is 4.25. The van der Waals surface area contributed by atoms with Crippen molar-refractivity contribution in [2.24, 2.45) is 0 Å². The molecule has 0 bridgehead atoms. The summed E-state index contributed by atoms with van der Waals surface area (Å²) in [6, 6.07) is 5.32. The Morgan fingerprint density at radius 1 is 1.41 bits per heavy atom. The largest absolute Gasteiger partial charge is 0.419 e. The van der Waals surface area contributed by atoms with Gasteiger partial charge in [-0.2, -0.15) is 0 Å². The lowest BCUT2D eigenvalue weighted by Crippen LogP contribution is -2.42. The van der Waals surface area contributed by atoms with Crippen LogP contribution in [0.4, 0.5) is 0 Å². The molecule has 1 atom stereocenters. The summed E-state index contributed by atoms with van der Waals surface area (Å²) < 4.78 is 6.66. The first-order valence-electron chi connectivity index (χ1n) is 7.64. The second-order valence-electron chi connectivity index (χ2n) is 5.81. The molecule has 1 aliphatic rings. The number of nitrogens with zero attached hydrogens (tertiary/aromatic N) is 2. The van der Waals surface area contributed by atoms with Crippen molar-refractivity contribution in [1.82, 2.24) is 9.47 Å². The molecule has 0 spiro atoms. The Labute approximate surface area is 133 Å². The average molecular weight is 323 g/mol. The van der Waals surface area contributed by atoms with Crippen molar-refractivity contribution in [2.45, 2.75) is 45.2 Å². The lowest BCUT2D eigenvalue weighted by Gasteiger charge is -2.33. The molecule has 22 heavy (non-hydrogen) atoms. The molecule has 0 N–H and O–H groups in total. The number of halogens is 1. The number of aromatic nitrogens is 1. The van der Waals surface area contributed by atoms with Crippen LogP contribution in [0.1, 0.15) is 32.6 Å². The third-order valence-corrected chi connectivity index (χ3v) is 4.54. The number of amides is 1. The predicted molar refractivity (Wildman–Crippen MR) is 85.1 cm³/mol. The average Bonchev–Trinajstić information content (AvgIpc) is 2.80. The van der Waals surface area contributed by atoms with E-state index in [0.717, 1.165) is 19.4 Å². The van der Waals surface area contributed by atoms with Crippen molar-refractivity contribution in [3.05, 3.63) is 33.8 Å². The molecule has 6 heteroatoms. The quantitative estimate of drug-likeness (QED) is 0.872. The zero-order chi connectivity index (χ0) is 15.7. The summed E-state index contributed by atoms with van der Waals surface area (Å²) in [5.41, 5.74) is 1.13. The lowest BCUT2D eigenvalue weighted by atomic mass is 10.0. The molecule has 0 radical (unpaired) electrons. The van der Waals surface area contributed by atoms with E-state index in [2.05, 4.69) is 6.92 Å². The molecule has 1 amide bonds. The molecule has 2 heterocycles. The van der Waals surface area contributed by atoms with Gasteiger partial charge in [0.25, 0.3) is 0 Å². The number of benzene rings is 1. The van der Waals surface area contributed by atoms with Crippen LogP contribution in [0.5, 0.6) is 0 Å². The predicted octanol–water partition coefficient (Wildman–Crippen LogP) is 3.04. The van der Waals surface area contributed by atoms with Crippen LogP contribution in [0.2, 0.25) is 5.02 Å². The van der Waals surface area contributed by atoms with Crippen molar-refractivity contribution in [3.63, 3.8) is 0 Å². The van der Waals surface area contributed by atoms with E-state index in [1.165, 1.54) is 11.0 Å². The van der Waals surface area contributed by atoms with Crippen LogP contribution in [-0.2, 0) is 11.3 Å². The molecule has 0 aliphatic carbocycles. The zero-order valence-electron chi connectivity index (χ0n) is 12.5. The molecule has 118 valence electrons. The van der Waals surface area contributed by atoms with E-state index in [4.69, 9.17) is 16.0 Å². The highest BCUT2D eigenvalue weighted by Gasteiger charge is 2.23. The Bertz CT molecular complexity index is 749. The standard InChI is InChI=1S/C16H19ClN2O3/c1-11-4-2-3-8-18(11)15(20)7-9-19-13-10-12(17)5-6-14(13)22-16(19)21/h5-6,10-11H,2-4,7-9H2,1H3/t11-/m0/s1. The second kappa shape index (κ2) is 6.16. The van der Waals surface area contributed by atoms with E-state index in [-0.39, 0.29) is 11.9 Å². The minimum atomic E-state index is -0.447. The number of hydrogen-bond acceptors (Lipinski definition) is 3. The summed E-state index contributed by atoms with van der Waals surface area (Å²) in [4.78, 5) is 26.2. The number of aryl methyl sites for hydroxylation is 1. The third-order valence-electron chi connectivity index (χ3n) is 4.30. The van der Waals surface area contributed by atoms with E-state index >= 15 is 0 Å². The Balaban J connectivity index is 1.76. The zero-order valence-corrected chi connectivity index (χ0v) is 13.3. The molecule has 1 aromatic heterocycles. The molecule has 0 unspecified atom stereocenters. The van der Waals surface area contributed by atoms with Gasteiger partial charge in [0.05, 0.1) is 5.52 Å². The molecule has 1 aromatic carbocycles. The number of piperidine rings is 1. The van der Waals surface area contributed by atoms with Gasteiger partial charge in [0.15, 0.2) is 5.58 Å². The van der Waals surface area contributed by atoms with Crippen molar-refractivity contribution in [3.8, 4) is 0 Å². The maximum absolute atomic E-state index is 12.4. The lowest BCUT2D eigenvalue weighted by molar-refractivity contribution is -0.134. The minimum Gasteiger partial charge on any atom is -0.408 e. The van der Waals surface area contributed by atoms with Crippen molar-refractivity contribution >= 4 is 28.6 Å². The monoisotopic (exact) mass is 322 g/mol. The number of carbonyl (C=O) groups is 1. The van der Waals surface area contributed by atoms with Gasteiger partial charge in [-0.15, -0.1) is 0 Å². The first kappa shape index (κ1) is 15.2. The first-order valence-corrected chi connectivity index (χ1v) is 8.02. The topological polar surface area (TPSA) is 55.5 Å². The molecule has 1 aliphatic heterocycles. The van der Waals surface area contributed by atoms with Gasteiger partial charge in [0.1, 0.15) is 0 Å². The minimum absolute atomic E-state index is 0.0930.